The first-order chi connectivity index (χ1) is 9.74. The molecule has 0 bridgehead atoms. The van der Waals surface area contributed by atoms with Crippen molar-refractivity contribution in [2.75, 3.05) is 13.4 Å². The number of hydrogen-bond acceptors (Lipinski definition) is 7. The number of hydrogen-bond donors (Lipinski definition) is 0. The standard InChI is InChI=1S/C12H13NO5S3/c1-18-10-7-9(3-4-11(10)20(2,14)15)8-21(16,17)12-13-5-6-19-12/h3-7H,8H2,1-2H3. The van der Waals surface area contributed by atoms with Crippen molar-refractivity contribution in [2.24, 2.45) is 0 Å². The number of methoxy groups -OCH3 is 1. The Morgan fingerprint density at radius 3 is 2.48 bits per heavy atom. The van der Waals surface area contributed by atoms with Crippen molar-refractivity contribution >= 4 is 31.0 Å². The molecule has 0 spiro atoms. The van der Waals surface area contributed by atoms with Crippen LogP contribution in [0, 0.1) is 0 Å². The lowest BCUT2D eigenvalue weighted by molar-refractivity contribution is 0.402. The quantitative estimate of drug-likeness (QED) is 0.815. The van der Waals surface area contributed by atoms with Gasteiger partial charge in [0.2, 0.25) is 14.2 Å². The van der Waals surface area contributed by atoms with Gasteiger partial charge in [-0.3, -0.25) is 0 Å². The van der Waals surface area contributed by atoms with Gasteiger partial charge >= 0.3 is 0 Å². The number of ether oxygens (including phenoxy) is 1. The lowest BCUT2D eigenvalue weighted by Gasteiger charge is -2.09. The minimum atomic E-state index is -3.54. The Kier molecular flexibility index (Phi) is 4.35. The highest BCUT2D eigenvalue weighted by Gasteiger charge is 2.20. The van der Waals surface area contributed by atoms with Gasteiger partial charge in [0.15, 0.2) is 9.84 Å². The summed E-state index contributed by atoms with van der Waals surface area (Å²) in [5.41, 5.74) is 0.439. The van der Waals surface area contributed by atoms with Crippen molar-refractivity contribution in [2.45, 2.75) is 15.0 Å². The molecule has 0 amide bonds. The zero-order chi connectivity index (χ0) is 15.7. The molecule has 1 heterocycles. The van der Waals surface area contributed by atoms with Crippen molar-refractivity contribution < 1.29 is 21.6 Å². The monoisotopic (exact) mass is 347 g/mol. The highest BCUT2D eigenvalue weighted by molar-refractivity contribution is 7.92. The Morgan fingerprint density at radius 2 is 1.95 bits per heavy atom. The molecule has 0 radical (unpaired) electrons. The van der Waals surface area contributed by atoms with Crippen molar-refractivity contribution in [1.82, 2.24) is 4.98 Å². The van der Waals surface area contributed by atoms with Crippen molar-refractivity contribution in [1.29, 1.82) is 0 Å². The topological polar surface area (TPSA) is 90.4 Å². The molecule has 114 valence electrons. The summed E-state index contributed by atoms with van der Waals surface area (Å²) in [4.78, 5) is 3.82. The molecule has 9 heteroatoms. The highest BCUT2D eigenvalue weighted by Crippen LogP contribution is 2.27. The predicted molar refractivity (Wildman–Crippen MR) is 79.1 cm³/mol. The number of nitrogens with zero attached hydrogens (tertiary/aromatic N) is 1. The van der Waals surface area contributed by atoms with E-state index in [4.69, 9.17) is 4.74 Å². The summed E-state index contributed by atoms with van der Waals surface area (Å²) in [5, 5.41) is 1.58. The third-order valence-electron chi connectivity index (χ3n) is 2.66. The Balaban J connectivity index is 2.39. The largest absolute Gasteiger partial charge is 0.495 e. The molecule has 0 aliphatic heterocycles. The van der Waals surface area contributed by atoms with E-state index in [2.05, 4.69) is 4.98 Å². The zero-order valence-corrected chi connectivity index (χ0v) is 13.8. The molecule has 0 fully saturated rings. The second-order valence-electron chi connectivity index (χ2n) is 4.31. The maximum Gasteiger partial charge on any atom is 0.209 e. The molecule has 0 saturated carbocycles. The minimum Gasteiger partial charge on any atom is -0.495 e. The molecular formula is C12H13NO5S3. The van der Waals surface area contributed by atoms with Crippen LogP contribution in [0.15, 0.2) is 39.0 Å². The van der Waals surface area contributed by atoms with Crippen molar-refractivity contribution in [3.05, 3.63) is 35.3 Å². The highest BCUT2D eigenvalue weighted by atomic mass is 32.2. The fourth-order valence-electron chi connectivity index (χ4n) is 1.75. The van der Waals surface area contributed by atoms with E-state index >= 15 is 0 Å². The maximum atomic E-state index is 12.1. The first-order valence-corrected chi connectivity index (χ1v) is 10.2. The molecule has 1 aromatic heterocycles. The molecule has 0 unspecified atom stereocenters. The fraction of sp³-hybridized carbons (Fsp3) is 0.250. The second kappa shape index (κ2) is 5.74. The molecule has 0 atom stereocenters. The summed E-state index contributed by atoms with van der Waals surface area (Å²) in [7, 11) is -5.64. The summed E-state index contributed by atoms with van der Waals surface area (Å²) in [6, 6.07) is 4.23. The van der Waals surface area contributed by atoms with E-state index in [1.807, 2.05) is 0 Å². The van der Waals surface area contributed by atoms with Gasteiger partial charge in [-0.1, -0.05) is 6.07 Å². The van der Waals surface area contributed by atoms with Crippen LogP contribution in [-0.2, 0) is 25.4 Å². The predicted octanol–water partition coefficient (Wildman–Crippen LogP) is 1.53. The molecule has 2 rings (SSSR count). The smallest absolute Gasteiger partial charge is 0.209 e. The summed E-state index contributed by atoms with van der Waals surface area (Å²) < 4.78 is 52.5. The van der Waals surface area contributed by atoms with E-state index in [0.717, 1.165) is 17.6 Å². The molecule has 21 heavy (non-hydrogen) atoms. The Hall–Kier alpha value is -1.45. The van der Waals surface area contributed by atoms with Crippen LogP contribution < -0.4 is 4.74 Å². The van der Waals surface area contributed by atoms with E-state index < -0.39 is 19.7 Å². The molecule has 0 N–H and O–H groups in total. The average molecular weight is 347 g/mol. The van der Waals surface area contributed by atoms with Gasteiger partial charge in [0, 0.05) is 17.8 Å². The number of thiazole rings is 1. The molecule has 0 aliphatic rings. The van der Waals surface area contributed by atoms with E-state index in [0.29, 0.717) is 5.56 Å². The van der Waals surface area contributed by atoms with Crippen LogP contribution in [0.25, 0.3) is 0 Å². The summed E-state index contributed by atoms with van der Waals surface area (Å²) >= 11 is 1.04. The van der Waals surface area contributed by atoms with E-state index in [1.165, 1.54) is 31.5 Å². The summed E-state index contributed by atoms with van der Waals surface area (Å²) in [5.74, 6) is -0.134. The SMILES string of the molecule is COc1cc(CS(=O)(=O)c2nccs2)ccc1S(C)(=O)=O. The molecule has 0 aliphatic carbocycles. The molecule has 2 aromatic rings. The van der Waals surface area contributed by atoms with Gasteiger partial charge in [-0.2, -0.15) is 0 Å². The van der Waals surface area contributed by atoms with E-state index in [9.17, 15) is 16.8 Å². The van der Waals surface area contributed by atoms with E-state index in [-0.39, 0.29) is 20.7 Å². The first kappa shape index (κ1) is 15.9. The van der Waals surface area contributed by atoms with Crippen molar-refractivity contribution in [3.63, 3.8) is 0 Å². The number of sulfone groups is 2. The van der Waals surface area contributed by atoms with Gasteiger partial charge < -0.3 is 4.74 Å². The van der Waals surface area contributed by atoms with Gasteiger partial charge in [0.25, 0.3) is 0 Å². The molecular weight excluding hydrogens is 334 g/mol. The van der Waals surface area contributed by atoms with Crippen LogP contribution >= 0.6 is 11.3 Å². The van der Waals surface area contributed by atoms with E-state index in [1.54, 1.807) is 5.38 Å². The summed E-state index contributed by atoms with van der Waals surface area (Å²) in [6.45, 7) is 0. The fourth-order valence-corrected chi connectivity index (χ4v) is 4.83. The number of aromatic nitrogens is 1. The Morgan fingerprint density at radius 1 is 1.24 bits per heavy atom. The average Bonchev–Trinajstić information content (AvgIpc) is 2.91. The Labute approximate surface area is 127 Å². The molecule has 1 aromatic carbocycles. The summed E-state index contributed by atoms with van der Waals surface area (Å²) in [6.07, 6.45) is 2.49. The minimum absolute atomic E-state index is 0.0281. The normalized spacial score (nSPS) is 12.3. The Bertz CT molecular complexity index is 839. The molecule has 0 saturated heterocycles. The zero-order valence-electron chi connectivity index (χ0n) is 11.3. The van der Waals surface area contributed by atoms with Gasteiger partial charge in [-0.05, 0) is 17.7 Å². The van der Waals surface area contributed by atoms with Gasteiger partial charge in [0.05, 0.1) is 12.9 Å². The molecule has 6 nitrogen and oxygen atoms in total. The third-order valence-corrected chi connectivity index (χ3v) is 6.76. The maximum absolute atomic E-state index is 12.1. The third kappa shape index (κ3) is 3.60. The number of rotatable bonds is 5. The second-order valence-corrected chi connectivity index (χ2v) is 9.36. The van der Waals surface area contributed by atoms with Crippen LogP contribution in [0.2, 0.25) is 0 Å². The first-order valence-electron chi connectivity index (χ1n) is 5.73. The van der Waals surface area contributed by atoms with Crippen LogP contribution in [0.1, 0.15) is 5.56 Å². The lowest BCUT2D eigenvalue weighted by Crippen LogP contribution is -2.06. The van der Waals surface area contributed by atoms with Crippen molar-refractivity contribution in [3.8, 4) is 5.75 Å². The number of benzene rings is 1. The van der Waals surface area contributed by atoms with Crippen LogP contribution in [0.3, 0.4) is 0 Å². The lowest BCUT2D eigenvalue weighted by atomic mass is 10.2. The van der Waals surface area contributed by atoms with Crippen LogP contribution in [0.4, 0.5) is 0 Å². The van der Waals surface area contributed by atoms with Crippen LogP contribution in [0.5, 0.6) is 5.75 Å². The van der Waals surface area contributed by atoms with Crippen LogP contribution in [-0.4, -0.2) is 35.2 Å². The van der Waals surface area contributed by atoms with Gasteiger partial charge in [0.1, 0.15) is 10.6 Å². The van der Waals surface area contributed by atoms with Gasteiger partial charge in [-0.15, -0.1) is 11.3 Å². The van der Waals surface area contributed by atoms with Gasteiger partial charge in [-0.25, -0.2) is 21.8 Å².